The number of hydrogen-bond acceptors (Lipinski definition) is 6. The Morgan fingerprint density at radius 3 is 2.73 bits per heavy atom. The lowest BCUT2D eigenvalue weighted by molar-refractivity contribution is 0.183. The molecule has 0 saturated heterocycles. The lowest BCUT2D eigenvalue weighted by Gasteiger charge is -2.06. The van der Waals surface area contributed by atoms with Crippen LogP contribution in [0.2, 0.25) is 0 Å². The van der Waals surface area contributed by atoms with E-state index in [-0.39, 0.29) is 6.54 Å². The molecule has 1 aromatic heterocycles. The van der Waals surface area contributed by atoms with Gasteiger partial charge in [-0.1, -0.05) is 11.3 Å². The first-order valence-electron chi connectivity index (χ1n) is 4.67. The number of aromatic nitrogens is 1. The smallest absolute Gasteiger partial charge is 0.229 e. The maximum absolute atomic E-state index is 9.46. The van der Waals surface area contributed by atoms with E-state index in [4.69, 9.17) is 10.5 Å². The van der Waals surface area contributed by atoms with Crippen LogP contribution in [0.15, 0.2) is 0 Å². The zero-order valence-electron chi connectivity index (χ0n) is 9.23. The van der Waals surface area contributed by atoms with Gasteiger partial charge in [0.05, 0.1) is 18.1 Å². The van der Waals surface area contributed by atoms with Gasteiger partial charge in [0.25, 0.3) is 0 Å². The maximum Gasteiger partial charge on any atom is 0.229 e. The van der Waals surface area contributed by atoms with E-state index in [0.717, 1.165) is 10.0 Å². The Hall–Kier alpha value is -0.850. The molecule has 0 bridgehead atoms. The number of aliphatic hydroxyl groups excluding tert-OH is 1. The second-order valence-corrected chi connectivity index (χ2v) is 4.48. The number of nitrogens with two attached hydrogens (primary N) is 1. The second kappa shape index (κ2) is 5.29. The van der Waals surface area contributed by atoms with E-state index in [9.17, 15) is 5.11 Å². The van der Waals surface area contributed by atoms with E-state index >= 15 is 0 Å². The van der Waals surface area contributed by atoms with Crippen molar-refractivity contribution in [2.24, 2.45) is 5.73 Å². The van der Waals surface area contributed by atoms with E-state index in [1.165, 1.54) is 11.3 Å². The number of methoxy groups -OCH3 is 1. The summed E-state index contributed by atoms with van der Waals surface area (Å²) in [4.78, 5) is 7.12. The molecule has 1 rings (SSSR count). The van der Waals surface area contributed by atoms with Crippen LogP contribution < -0.4 is 15.4 Å². The Balaban J connectivity index is 2.85. The minimum Gasteiger partial charge on any atom is -0.480 e. The molecule has 0 aliphatic carbocycles. The number of ether oxygens (including phenoxy) is 1. The van der Waals surface area contributed by atoms with E-state index in [1.807, 2.05) is 19.0 Å². The van der Waals surface area contributed by atoms with Gasteiger partial charge < -0.3 is 20.5 Å². The second-order valence-electron chi connectivity index (χ2n) is 3.42. The van der Waals surface area contributed by atoms with Crippen LogP contribution in [0, 0.1) is 0 Å². The standard InChI is InChI=1S/C9H17N3O2S/c1-12(2)9-11-8(14-3)7(15-9)4-6(13)5-10/h6,13H,4-5,10H2,1-3H3. The van der Waals surface area contributed by atoms with Crippen molar-refractivity contribution >= 4 is 16.5 Å². The summed E-state index contributed by atoms with van der Waals surface area (Å²) in [7, 11) is 5.41. The summed E-state index contributed by atoms with van der Waals surface area (Å²) in [6.45, 7) is 0.248. The third-order valence-corrected chi connectivity index (χ3v) is 3.15. The number of nitrogens with zero attached hydrogens (tertiary/aromatic N) is 2. The molecule has 0 spiro atoms. The molecule has 0 saturated carbocycles. The van der Waals surface area contributed by atoms with Crippen molar-refractivity contribution in [2.45, 2.75) is 12.5 Å². The van der Waals surface area contributed by atoms with E-state index in [1.54, 1.807) is 7.11 Å². The molecule has 0 aromatic carbocycles. The molecule has 0 aliphatic heterocycles. The van der Waals surface area contributed by atoms with Gasteiger partial charge >= 0.3 is 0 Å². The van der Waals surface area contributed by atoms with Gasteiger partial charge in [0, 0.05) is 27.1 Å². The van der Waals surface area contributed by atoms with Crippen molar-refractivity contribution in [1.82, 2.24) is 4.98 Å². The fourth-order valence-corrected chi connectivity index (χ4v) is 2.13. The van der Waals surface area contributed by atoms with Crippen LogP contribution >= 0.6 is 11.3 Å². The van der Waals surface area contributed by atoms with Crippen molar-refractivity contribution in [3.63, 3.8) is 0 Å². The van der Waals surface area contributed by atoms with Gasteiger partial charge in [-0.2, -0.15) is 4.98 Å². The molecule has 3 N–H and O–H groups in total. The number of rotatable bonds is 5. The van der Waals surface area contributed by atoms with Crippen molar-refractivity contribution in [2.75, 3.05) is 32.6 Å². The van der Waals surface area contributed by atoms with Crippen LogP contribution in [0.25, 0.3) is 0 Å². The van der Waals surface area contributed by atoms with Crippen LogP contribution in [-0.4, -0.2) is 43.9 Å². The lowest BCUT2D eigenvalue weighted by Crippen LogP contribution is -2.21. The van der Waals surface area contributed by atoms with E-state index in [0.29, 0.717) is 12.3 Å². The number of anilines is 1. The molecule has 6 heteroatoms. The van der Waals surface area contributed by atoms with E-state index in [2.05, 4.69) is 4.98 Å². The molecule has 86 valence electrons. The van der Waals surface area contributed by atoms with Gasteiger partial charge in [0.1, 0.15) is 0 Å². The van der Waals surface area contributed by atoms with Crippen molar-refractivity contribution < 1.29 is 9.84 Å². The molecular formula is C9H17N3O2S. The van der Waals surface area contributed by atoms with Crippen LogP contribution in [0.4, 0.5) is 5.13 Å². The van der Waals surface area contributed by atoms with Gasteiger partial charge in [-0.3, -0.25) is 0 Å². The summed E-state index contributed by atoms with van der Waals surface area (Å²) in [5.74, 6) is 0.580. The van der Waals surface area contributed by atoms with Gasteiger partial charge in [-0.05, 0) is 0 Å². The summed E-state index contributed by atoms with van der Waals surface area (Å²) in [5.41, 5.74) is 5.36. The molecule has 0 radical (unpaired) electrons. The third-order valence-electron chi connectivity index (χ3n) is 1.92. The highest BCUT2D eigenvalue weighted by atomic mass is 32.1. The highest BCUT2D eigenvalue weighted by molar-refractivity contribution is 7.15. The largest absolute Gasteiger partial charge is 0.480 e. The fraction of sp³-hybridized carbons (Fsp3) is 0.667. The van der Waals surface area contributed by atoms with E-state index < -0.39 is 6.10 Å². The maximum atomic E-state index is 9.46. The van der Waals surface area contributed by atoms with Crippen LogP contribution in [0.3, 0.4) is 0 Å². The molecule has 0 amide bonds. The first-order valence-corrected chi connectivity index (χ1v) is 5.49. The third kappa shape index (κ3) is 3.05. The Kier molecular flexibility index (Phi) is 4.31. The Morgan fingerprint density at radius 2 is 2.27 bits per heavy atom. The Bertz CT molecular complexity index is 314. The van der Waals surface area contributed by atoms with Crippen molar-refractivity contribution in [3.8, 4) is 5.88 Å². The normalized spacial score (nSPS) is 12.6. The quantitative estimate of drug-likeness (QED) is 0.751. The number of aliphatic hydroxyl groups is 1. The highest BCUT2D eigenvalue weighted by Crippen LogP contribution is 2.31. The average Bonchev–Trinajstić information content (AvgIpc) is 2.61. The minimum absolute atomic E-state index is 0.248. The summed E-state index contributed by atoms with van der Waals surface area (Å²) >= 11 is 1.51. The first kappa shape index (κ1) is 12.2. The molecule has 1 atom stereocenters. The topological polar surface area (TPSA) is 71.6 Å². The lowest BCUT2D eigenvalue weighted by atomic mass is 10.2. The molecule has 15 heavy (non-hydrogen) atoms. The minimum atomic E-state index is -0.533. The summed E-state index contributed by atoms with van der Waals surface area (Å²) in [5, 5.41) is 10.3. The highest BCUT2D eigenvalue weighted by Gasteiger charge is 2.15. The van der Waals surface area contributed by atoms with Crippen molar-refractivity contribution in [3.05, 3.63) is 4.88 Å². The Morgan fingerprint density at radius 1 is 1.60 bits per heavy atom. The van der Waals surface area contributed by atoms with Gasteiger partial charge in [-0.25, -0.2) is 0 Å². The monoisotopic (exact) mass is 231 g/mol. The Labute approximate surface area is 93.5 Å². The van der Waals surface area contributed by atoms with Crippen LogP contribution in [-0.2, 0) is 6.42 Å². The molecule has 0 aliphatic rings. The molecule has 0 fully saturated rings. The first-order chi connectivity index (χ1) is 7.08. The summed E-state index contributed by atoms with van der Waals surface area (Å²) in [6, 6.07) is 0. The molecule has 1 heterocycles. The number of hydrogen-bond donors (Lipinski definition) is 2. The van der Waals surface area contributed by atoms with Crippen LogP contribution in [0.1, 0.15) is 4.88 Å². The molecular weight excluding hydrogens is 214 g/mol. The predicted octanol–water partition coefficient (Wildman–Crippen LogP) is 0.0798. The molecule has 5 nitrogen and oxygen atoms in total. The van der Waals surface area contributed by atoms with Gasteiger partial charge in [0.15, 0.2) is 5.13 Å². The number of thiazole rings is 1. The zero-order valence-corrected chi connectivity index (χ0v) is 10.0. The van der Waals surface area contributed by atoms with Crippen LogP contribution in [0.5, 0.6) is 5.88 Å². The average molecular weight is 231 g/mol. The molecule has 1 aromatic rings. The van der Waals surface area contributed by atoms with Gasteiger partial charge in [0.2, 0.25) is 5.88 Å². The zero-order chi connectivity index (χ0) is 11.4. The fourth-order valence-electron chi connectivity index (χ4n) is 1.10. The SMILES string of the molecule is COc1nc(N(C)C)sc1CC(O)CN. The molecule has 1 unspecified atom stereocenters. The van der Waals surface area contributed by atoms with Gasteiger partial charge in [-0.15, -0.1) is 0 Å². The summed E-state index contributed by atoms with van der Waals surface area (Å²) < 4.78 is 5.14. The predicted molar refractivity (Wildman–Crippen MR) is 61.8 cm³/mol. The van der Waals surface area contributed by atoms with Crippen molar-refractivity contribution in [1.29, 1.82) is 0 Å². The summed E-state index contributed by atoms with van der Waals surface area (Å²) in [6.07, 6.45) is -0.0417.